The molecule has 1 aliphatic rings. The van der Waals surface area contributed by atoms with Gasteiger partial charge in [0.15, 0.2) is 0 Å². The van der Waals surface area contributed by atoms with Crippen LogP contribution < -0.4 is 10.6 Å². The highest BCUT2D eigenvalue weighted by atomic mass is 15.3. The lowest BCUT2D eigenvalue weighted by Gasteiger charge is -2.27. The Labute approximate surface area is 127 Å². The number of anilines is 1. The molecule has 5 heteroatoms. The third kappa shape index (κ3) is 3.18. The van der Waals surface area contributed by atoms with Gasteiger partial charge in [-0.15, -0.1) is 0 Å². The number of aromatic nitrogens is 1. The Balaban J connectivity index is 2.29. The highest BCUT2D eigenvalue weighted by Gasteiger charge is 2.29. The van der Waals surface area contributed by atoms with E-state index >= 15 is 0 Å². The van der Waals surface area contributed by atoms with E-state index in [0.717, 1.165) is 55.2 Å². The minimum atomic E-state index is 0.112. The van der Waals surface area contributed by atoms with Gasteiger partial charge in [0.05, 0.1) is 5.56 Å². The standard InChI is InChI=1S/C16H27N5/c1-5-20(6-2)13-7-8-21(10-13)16-14(15(17)18)11(3)9-12(4)19-16/h9,13H,5-8,10H2,1-4H3,(H3,17,18). The molecule has 21 heavy (non-hydrogen) atoms. The van der Waals surface area contributed by atoms with Crippen molar-refractivity contribution in [2.24, 2.45) is 5.73 Å². The number of nitrogens with zero attached hydrogens (tertiary/aromatic N) is 3. The Kier molecular flexibility index (Phi) is 4.83. The Morgan fingerprint density at radius 2 is 2.10 bits per heavy atom. The summed E-state index contributed by atoms with van der Waals surface area (Å²) in [6.45, 7) is 12.5. The van der Waals surface area contributed by atoms with Crippen molar-refractivity contribution in [3.63, 3.8) is 0 Å². The molecular weight excluding hydrogens is 262 g/mol. The minimum Gasteiger partial charge on any atom is -0.384 e. The van der Waals surface area contributed by atoms with E-state index in [-0.39, 0.29) is 5.84 Å². The van der Waals surface area contributed by atoms with Gasteiger partial charge in [-0.1, -0.05) is 13.8 Å². The van der Waals surface area contributed by atoms with Gasteiger partial charge in [-0.3, -0.25) is 10.3 Å². The van der Waals surface area contributed by atoms with Crippen molar-refractivity contribution in [2.75, 3.05) is 31.1 Å². The third-order valence-corrected chi connectivity index (χ3v) is 4.39. The normalized spacial score (nSPS) is 18.5. The molecule has 1 aliphatic heterocycles. The molecule has 0 amide bonds. The van der Waals surface area contributed by atoms with E-state index in [9.17, 15) is 0 Å². The van der Waals surface area contributed by atoms with E-state index in [2.05, 4.69) is 28.6 Å². The molecule has 0 aliphatic carbocycles. The second kappa shape index (κ2) is 6.43. The molecule has 1 unspecified atom stereocenters. The van der Waals surface area contributed by atoms with E-state index in [0.29, 0.717) is 6.04 Å². The second-order valence-corrected chi connectivity index (χ2v) is 5.80. The zero-order valence-electron chi connectivity index (χ0n) is 13.6. The first-order valence-corrected chi connectivity index (χ1v) is 7.79. The highest BCUT2D eigenvalue weighted by Crippen LogP contribution is 2.27. The van der Waals surface area contributed by atoms with E-state index in [1.54, 1.807) is 0 Å². The minimum absolute atomic E-state index is 0.112. The molecule has 1 aromatic rings. The Hall–Kier alpha value is -1.62. The van der Waals surface area contributed by atoms with Crippen LogP contribution in [0.4, 0.5) is 5.82 Å². The van der Waals surface area contributed by atoms with Gasteiger partial charge in [0.2, 0.25) is 0 Å². The summed E-state index contributed by atoms with van der Waals surface area (Å²) in [6.07, 6.45) is 1.15. The van der Waals surface area contributed by atoms with Crippen LogP contribution in [0, 0.1) is 19.3 Å². The van der Waals surface area contributed by atoms with Gasteiger partial charge in [-0.05, 0) is 45.0 Å². The molecule has 0 saturated carbocycles. The fraction of sp³-hybridized carbons (Fsp3) is 0.625. The second-order valence-electron chi connectivity index (χ2n) is 5.80. The van der Waals surface area contributed by atoms with Crippen molar-refractivity contribution in [2.45, 2.75) is 40.2 Å². The molecule has 1 fully saturated rings. The van der Waals surface area contributed by atoms with Gasteiger partial charge in [0, 0.05) is 24.8 Å². The summed E-state index contributed by atoms with van der Waals surface area (Å²) >= 11 is 0. The lowest BCUT2D eigenvalue weighted by molar-refractivity contribution is 0.232. The summed E-state index contributed by atoms with van der Waals surface area (Å²) < 4.78 is 0. The van der Waals surface area contributed by atoms with Gasteiger partial charge in [0.1, 0.15) is 11.7 Å². The third-order valence-electron chi connectivity index (χ3n) is 4.39. The highest BCUT2D eigenvalue weighted by molar-refractivity contribution is 6.01. The molecule has 0 aromatic carbocycles. The maximum Gasteiger partial charge on any atom is 0.140 e. The molecule has 2 heterocycles. The largest absolute Gasteiger partial charge is 0.384 e. The number of likely N-dealkylation sites (N-methyl/N-ethyl adjacent to an activating group) is 1. The number of hydrogen-bond donors (Lipinski definition) is 2. The van der Waals surface area contributed by atoms with Gasteiger partial charge in [-0.25, -0.2) is 4.98 Å². The van der Waals surface area contributed by atoms with Crippen molar-refractivity contribution in [1.82, 2.24) is 9.88 Å². The first-order valence-electron chi connectivity index (χ1n) is 7.79. The zero-order valence-corrected chi connectivity index (χ0v) is 13.6. The van der Waals surface area contributed by atoms with E-state index < -0.39 is 0 Å². The molecule has 3 N–H and O–H groups in total. The van der Waals surface area contributed by atoms with Crippen LogP contribution in [-0.4, -0.2) is 47.9 Å². The van der Waals surface area contributed by atoms with Gasteiger partial charge >= 0.3 is 0 Å². The number of aryl methyl sites for hydroxylation is 2. The van der Waals surface area contributed by atoms with Crippen LogP contribution in [0.1, 0.15) is 37.1 Å². The number of nitrogen functional groups attached to an aromatic ring is 1. The first-order chi connectivity index (χ1) is 9.97. The predicted molar refractivity (Wildman–Crippen MR) is 88.3 cm³/mol. The number of nitrogens with two attached hydrogens (primary N) is 1. The molecule has 2 rings (SSSR count). The lowest BCUT2D eigenvalue weighted by Crippen LogP contribution is -2.37. The molecule has 116 valence electrons. The number of nitrogens with one attached hydrogen (secondary N) is 1. The molecule has 0 spiro atoms. The van der Waals surface area contributed by atoms with Crippen molar-refractivity contribution in [3.8, 4) is 0 Å². The smallest absolute Gasteiger partial charge is 0.140 e. The topological polar surface area (TPSA) is 69.2 Å². The number of hydrogen-bond acceptors (Lipinski definition) is 4. The van der Waals surface area contributed by atoms with Crippen molar-refractivity contribution < 1.29 is 0 Å². The maximum atomic E-state index is 7.86. The molecule has 0 radical (unpaired) electrons. The molecule has 1 aromatic heterocycles. The molecule has 5 nitrogen and oxygen atoms in total. The van der Waals surface area contributed by atoms with E-state index in [4.69, 9.17) is 11.1 Å². The Morgan fingerprint density at radius 3 is 2.67 bits per heavy atom. The number of pyridine rings is 1. The monoisotopic (exact) mass is 289 g/mol. The SMILES string of the molecule is CCN(CC)C1CCN(c2nc(C)cc(C)c2C(=N)N)C1. The van der Waals surface area contributed by atoms with Crippen LogP contribution in [0.5, 0.6) is 0 Å². The molecule has 0 bridgehead atoms. The average Bonchev–Trinajstić information content (AvgIpc) is 2.88. The zero-order chi connectivity index (χ0) is 15.6. The fourth-order valence-electron chi connectivity index (χ4n) is 3.35. The lowest BCUT2D eigenvalue weighted by atomic mass is 10.1. The summed E-state index contributed by atoms with van der Waals surface area (Å²) in [7, 11) is 0. The van der Waals surface area contributed by atoms with Crippen LogP contribution in [0.25, 0.3) is 0 Å². The first kappa shape index (κ1) is 15.8. The predicted octanol–water partition coefficient (Wildman–Crippen LogP) is 1.90. The van der Waals surface area contributed by atoms with Crippen molar-refractivity contribution >= 4 is 11.7 Å². The van der Waals surface area contributed by atoms with Crippen molar-refractivity contribution in [1.29, 1.82) is 5.41 Å². The summed E-state index contributed by atoms with van der Waals surface area (Å²) in [5.74, 6) is 0.996. The summed E-state index contributed by atoms with van der Waals surface area (Å²) in [6, 6.07) is 2.57. The maximum absolute atomic E-state index is 7.86. The van der Waals surface area contributed by atoms with Crippen LogP contribution in [0.2, 0.25) is 0 Å². The molecule has 1 atom stereocenters. The number of rotatable bonds is 5. The molecular formula is C16H27N5. The van der Waals surface area contributed by atoms with Crippen LogP contribution >= 0.6 is 0 Å². The summed E-state index contributed by atoms with van der Waals surface area (Å²) in [5, 5.41) is 7.86. The molecule has 1 saturated heterocycles. The quantitative estimate of drug-likeness (QED) is 0.641. The Bertz CT molecular complexity index is 522. The fourth-order valence-corrected chi connectivity index (χ4v) is 3.35. The number of amidine groups is 1. The van der Waals surface area contributed by atoms with Crippen LogP contribution in [-0.2, 0) is 0 Å². The van der Waals surface area contributed by atoms with Gasteiger partial charge in [-0.2, -0.15) is 0 Å². The van der Waals surface area contributed by atoms with Crippen LogP contribution in [0.15, 0.2) is 6.07 Å². The van der Waals surface area contributed by atoms with Gasteiger partial charge < -0.3 is 10.6 Å². The Morgan fingerprint density at radius 1 is 1.43 bits per heavy atom. The van der Waals surface area contributed by atoms with E-state index in [1.807, 2.05) is 19.9 Å². The summed E-state index contributed by atoms with van der Waals surface area (Å²) in [5.41, 5.74) is 8.60. The van der Waals surface area contributed by atoms with Crippen molar-refractivity contribution in [3.05, 3.63) is 22.9 Å². The summed E-state index contributed by atoms with van der Waals surface area (Å²) in [4.78, 5) is 9.46. The average molecular weight is 289 g/mol. The van der Waals surface area contributed by atoms with E-state index in [1.165, 1.54) is 0 Å². The van der Waals surface area contributed by atoms with Gasteiger partial charge in [0.25, 0.3) is 0 Å². The van der Waals surface area contributed by atoms with Crippen LogP contribution in [0.3, 0.4) is 0 Å².